The van der Waals surface area contributed by atoms with Gasteiger partial charge >= 0.3 is 0 Å². The van der Waals surface area contributed by atoms with Gasteiger partial charge in [0, 0.05) is 37.4 Å². The van der Waals surface area contributed by atoms with Gasteiger partial charge in [-0.2, -0.15) is 0 Å². The standard InChI is InChI=1S/C28H34FN3O3S/c1-20(21-10-8-7-9-11-21)32(27(33)28(2,3)4)19-22-18-24(14-17-26(22)31(5)6)30-36(34,35)25-15-12-23(29)13-16-25/h7-18,20,30H,19H2,1-6H3/t20-/m0/s1. The number of sulfonamides is 1. The Morgan fingerprint density at radius 2 is 1.58 bits per heavy atom. The van der Waals surface area contributed by atoms with Gasteiger partial charge in [-0.1, -0.05) is 51.1 Å². The molecule has 3 rings (SSSR count). The van der Waals surface area contributed by atoms with Crippen LogP contribution in [0, 0.1) is 11.2 Å². The summed E-state index contributed by atoms with van der Waals surface area (Å²) >= 11 is 0. The van der Waals surface area contributed by atoms with Crippen LogP contribution in [0.5, 0.6) is 0 Å². The minimum Gasteiger partial charge on any atom is -0.377 e. The highest BCUT2D eigenvalue weighted by Crippen LogP contribution is 2.32. The molecule has 0 aliphatic heterocycles. The molecule has 0 aromatic heterocycles. The summed E-state index contributed by atoms with van der Waals surface area (Å²) < 4.78 is 41.6. The van der Waals surface area contributed by atoms with Crippen molar-refractivity contribution < 1.29 is 17.6 Å². The minimum absolute atomic E-state index is 0.0131. The van der Waals surface area contributed by atoms with Crippen LogP contribution < -0.4 is 9.62 Å². The highest BCUT2D eigenvalue weighted by atomic mass is 32.2. The van der Waals surface area contributed by atoms with Crippen molar-refractivity contribution in [2.24, 2.45) is 5.41 Å². The smallest absolute Gasteiger partial charge is 0.261 e. The molecule has 1 amide bonds. The van der Waals surface area contributed by atoms with Crippen molar-refractivity contribution in [1.29, 1.82) is 0 Å². The van der Waals surface area contributed by atoms with Gasteiger partial charge in [0.05, 0.1) is 10.9 Å². The van der Waals surface area contributed by atoms with Crippen LogP contribution >= 0.6 is 0 Å². The highest BCUT2D eigenvalue weighted by Gasteiger charge is 2.31. The van der Waals surface area contributed by atoms with Crippen molar-refractivity contribution in [2.45, 2.75) is 45.2 Å². The molecule has 3 aromatic carbocycles. The predicted octanol–water partition coefficient (Wildman–Crippen LogP) is 5.83. The first-order valence-corrected chi connectivity index (χ1v) is 13.2. The minimum atomic E-state index is -3.92. The van der Waals surface area contributed by atoms with Gasteiger partial charge in [0.15, 0.2) is 0 Å². The molecule has 0 unspecified atom stereocenters. The van der Waals surface area contributed by atoms with Gasteiger partial charge in [-0.15, -0.1) is 0 Å². The molecule has 0 aliphatic carbocycles. The number of nitrogens with one attached hydrogen (secondary N) is 1. The lowest BCUT2D eigenvalue weighted by Gasteiger charge is -2.35. The third-order valence-corrected chi connectivity index (χ3v) is 7.33. The van der Waals surface area contributed by atoms with E-state index in [4.69, 9.17) is 0 Å². The molecule has 8 heteroatoms. The number of halogens is 1. The normalized spacial score (nSPS) is 12.6. The van der Waals surface area contributed by atoms with Crippen molar-refractivity contribution in [2.75, 3.05) is 23.7 Å². The fourth-order valence-corrected chi connectivity index (χ4v) is 5.00. The molecular formula is C28H34FN3O3S. The summed E-state index contributed by atoms with van der Waals surface area (Å²) in [4.78, 5) is 17.3. The summed E-state index contributed by atoms with van der Waals surface area (Å²) in [5.41, 5.74) is 2.42. The maximum atomic E-state index is 13.6. The zero-order valence-corrected chi connectivity index (χ0v) is 22.4. The lowest BCUT2D eigenvalue weighted by molar-refractivity contribution is -0.142. The lowest BCUT2D eigenvalue weighted by atomic mass is 9.92. The van der Waals surface area contributed by atoms with E-state index in [1.807, 2.05) is 88.0 Å². The van der Waals surface area contributed by atoms with E-state index in [0.29, 0.717) is 5.69 Å². The summed E-state index contributed by atoms with van der Waals surface area (Å²) in [5, 5.41) is 0. The molecule has 0 heterocycles. The number of carbonyl (C=O) groups excluding carboxylic acids is 1. The Balaban J connectivity index is 2.01. The molecule has 36 heavy (non-hydrogen) atoms. The zero-order valence-electron chi connectivity index (χ0n) is 21.6. The fraction of sp³-hybridized carbons (Fsp3) is 0.321. The quantitative estimate of drug-likeness (QED) is 0.413. The number of benzene rings is 3. The highest BCUT2D eigenvalue weighted by molar-refractivity contribution is 7.92. The number of hydrogen-bond acceptors (Lipinski definition) is 4. The molecule has 6 nitrogen and oxygen atoms in total. The second kappa shape index (κ2) is 10.7. The van der Waals surface area contributed by atoms with Gasteiger partial charge in [-0.25, -0.2) is 12.8 Å². The second-order valence-corrected chi connectivity index (χ2v) is 11.7. The monoisotopic (exact) mass is 511 g/mol. The Kier molecular flexibility index (Phi) is 8.09. The Hall–Kier alpha value is -3.39. The van der Waals surface area contributed by atoms with E-state index in [2.05, 4.69) is 4.72 Å². The van der Waals surface area contributed by atoms with Gasteiger partial charge < -0.3 is 9.80 Å². The SMILES string of the molecule is C[C@@H](c1ccccc1)N(Cc1cc(NS(=O)(=O)c2ccc(F)cc2)ccc1N(C)C)C(=O)C(C)(C)C. The topological polar surface area (TPSA) is 69.7 Å². The average molecular weight is 512 g/mol. The maximum Gasteiger partial charge on any atom is 0.261 e. The molecule has 1 N–H and O–H groups in total. The van der Waals surface area contributed by atoms with Crippen LogP contribution in [0.2, 0.25) is 0 Å². The molecule has 1 atom stereocenters. The molecule has 0 saturated heterocycles. The summed E-state index contributed by atoms with van der Waals surface area (Å²) in [6.45, 7) is 7.95. The van der Waals surface area contributed by atoms with E-state index in [-0.39, 0.29) is 23.4 Å². The van der Waals surface area contributed by atoms with E-state index < -0.39 is 21.3 Å². The lowest BCUT2D eigenvalue weighted by Crippen LogP contribution is -2.40. The Bertz CT molecular complexity index is 1300. The van der Waals surface area contributed by atoms with Crippen molar-refractivity contribution >= 4 is 27.3 Å². The van der Waals surface area contributed by atoms with Crippen LogP contribution in [0.25, 0.3) is 0 Å². The van der Waals surface area contributed by atoms with Crippen molar-refractivity contribution in [3.63, 3.8) is 0 Å². The number of anilines is 2. The Labute approximate surface area is 213 Å². The van der Waals surface area contributed by atoms with Gasteiger partial charge in [0.25, 0.3) is 10.0 Å². The van der Waals surface area contributed by atoms with Gasteiger partial charge in [0.2, 0.25) is 5.91 Å². The number of rotatable bonds is 8. The summed E-state index contributed by atoms with van der Waals surface area (Å²) in [5.74, 6) is -0.524. The summed E-state index contributed by atoms with van der Waals surface area (Å²) in [6, 6.07) is 19.5. The fourth-order valence-electron chi connectivity index (χ4n) is 3.95. The predicted molar refractivity (Wildman–Crippen MR) is 143 cm³/mol. The number of nitrogens with zero attached hydrogens (tertiary/aromatic N) is 2. The van der Waals surface area contributed by atoms with E-state index >= 15 is 0 Å². The maximum absolute atomic E-state index is 13.6. The summed E-state index contributed by atoms with van der Waals surface area (Å²) in [6.07, 6.45) is 0. The molecule has 0 bridgehead atoms. The molecule has 192 valence electrons. The first-order valence-electron chi connectivity index (χ1n) is 11.7. The number of amides is 1. The first-order chi connectivity index (χ1) is 16.8. The van der Waals surface area contributed by atoms with E-state index in [0.717, 1.165) is 28.9 Å². The van der Waals surface area contributed by atoms with E-state index in [1.165, 1.54) is 12.1 Å². The number of hydrogen-bond donors (Lipinski definition) is 1. The Morgan fingerprint density at radius 3 is 2.14 bits per heavy atom. The van der Waals surface area contributed by atoms with Crippen molar-refractivity contribution in [3.8, 4) is 0 Å². The molecule has 0 fully saturated rings. The van der Waals surface area contributed by atoms with Crippen LogP contribution in [0.3, 0.4) is 0 Å². The second-order valence-electron chi connectivity index (χ2n) is 10.1. The third kappa shape index (κ3) is 6.43. The van der Waals surface area contributed by atoms with Gasteiger partial charge in [-0.05, 0) is 60.5 Å². The molecule has 0 aliphatic rings. The number of carbonyl (C=O) groups is 1. The zero-order chi connectivity index (χ0) is 26.7. The first kappa shape index (κ1) is 27.2. The van der Waals surface area contributed by atoms with E-state index in [1.54, 1.807) is 12.1 Å². The van der Waals surface area contributed by atoms with Gasteiger partial charge in [-0.3, -0.25) is 9.52 Å². The molecule has 0 spiro atoms. The van der Waals surface area contributed by atoms with E-state index in [9.17, 15) is 17.6 Å². The molecule has 0 saturated carbocycles. The van der Waals surface area contributed by atoms with Crippen LogP contribution in [0.4, 0.5) is 15.8 Å². The molecule has 0 radical (unpaired) electrons. The molecular weight excluding hydrogens is 477 g/mol. The average Bonchev–Trinajstić information content (AvgIpc) is 2.81. The van der Waals surface area contributed by atoms with Crippen LogP contribution in [0.1, 0.15) is 44.9 Å². The summed E-state index contributed by atoms with van der Waals surface area (Å²) in [7, 11) is -0.117. The van der Waals surface area contributed by atoms with Crippen LogP contribution in [0.15, 0.2) is 77.7 Å². The van der Waals surface area contributed by atoms with Crippen molar-refractivity contribution in [3.05, 3.63) is 89.7 Å². The van der Waals surface area contributed by atoms with Crippen LogP contribution in [-0.4, -0.2) is 33.3 Å². The Morgan fingerprint density at radius 1 is 0.972 bits per heavy atom. The van der Waals surface area contributed by atoms with Gasteiger partial charge in [0.1, 0.15) is 5.82 Å². The molecule has 3 aromatic rings. The van der Waals surface area contributed by atoms with Crippen molar-refractivity contribution in [1.82, 2.24) is 4.90 Å². The van der Waals surface area contributed by atoms with Crippen LogP contribution in [-0.2, 0) is 21.4 Å². The third-order valence-electron chi connectivity index (χ3n) is 5.93. The largest absolute Gasteiger partial charge is 0.377 e.